The lowest BCUT2D eigenvalue weighted by Crippen LogP contribution is -2.39. The molecule has 39 heavy (non-hydrogen) atoms. The Hall–Kier alpha value is -1.74. The van der Waals surface area contributed by atoms with E-state index in [9.17, 15) is 16.8 Å². The average molecular weight is 575 g/mol. The molecule has 8 heteroatoms. The minimum Gasteiger partial charge on any atom is -0.208 e. The zero-order chi connectivity index (χ0) is 28.5. The molecule has 0 aliphatic heterocycles. The van der Waals surface area contributed by atoms with Crippen LogP contribution < -0.4 is 9.44 Å². The monoisotopic (exact) mass is 574 g/mol. The number of hydrogen-bond acceptors (Lipinski definition) is 4. The van der Waals surface area contributed by atoms with Gasteiger partial charge < -0.3 is 0 Å². The third-order valence-electron chi connectivity index (χ3n) is 8.75. The van der Waals surface area contributed by atoms with E-state index in [1.54, 1.807) is 0 Å². The molecule has 2 aromatic carbocycles. The van der Waals surface area contributed by atoms with Gasteiger partial charge in [0.1, 0.15) is 0 Å². The van der Waals surface area contributed by atoms with Crippen molar-refractivity contribution in [3.63, 3.8) is 0 Å². The van der Waals surface area contributed by atoms with Crippen LogP contribution in [0.3, 0.4) is 0 Å². The van der Waals surface area contributed by atoms with Crippen LogP contribution in [-0.4, -0.2) is 28.9 Å². The van der Waals surface area contributed by atoms with Crippen LogP contribution in [0.25, 0.3) is 0 Å². The molecule has 2 aliphatic carbocycles. The quantitative estimate of drug-likeness (QED) is 0.387. The molecule has 0 aromatic heterocycles. The SMILES string of the molecule is Cc1cc(C)c(S(=O)(=O)NC2CCC(CC3CCC(NS(=O)(=O)c4c(C)cc(C)cc4C)CC3)CC2)c(C)c1. The number of benzene rings is 2. The molecule has 2 aliphatic rings. The van der Waals surface area contributed by atoms with E-state index in [2.05, 4.69) is 9.44 Å². The van der Waals surface area contributed by atoms with Gasteiger partial charge in [0, 0.05) is 12.1 Å². The van der Waals surface area contributed by atoms with Crippen LogP contribution in [-0.2, 0) is 20.0 Å². The lowest BCUT2D eigenvalue weighted by Gasteiger charge is -2.34. The lowest BCUT2D eigenvalue weighted by molar-refractivity contribution is 0.218. The van der Waals surface area contributed by atoms with Crippen LogP contribution in [0.5, 0.6) is 0 Å². The van der Waals surface area contributed by atoms with Crippen molar-refractivity contribution in [1.82, 2.24) is 9.44 Å². The molecule has 216 valence electrons. The van der Waals surface area contributed by atoms with Crippen molar-refractivity contribution in [3.8, 4) is 0 Å². The molecule has 0 radical (unpaired) electrons. The smallest absolute Gasteiger partial charge is 0.208 e. The molecule has 2 fully saturated rings. The first-order chi connectivity index (χ1) is 18.2. The van der Waals surface area contributed by atoms with Crippen LogP contribution in [0, 0.1) is 53.4 Å². The second kappa shape index (κ2) is 12.0. The van der Waals surface area contributed by atoms with Crippen molar-refractivity contribution < 1.29 is 16.8 Å². The van der Waals surface area contributed by atoms with Gasteiger partial charge in [-0.3, -0.25) is 0 Å². The van der Waals surface area contributed by atoms with Crippen LogP contribution in [0.1, 0.15) is 91.2 Å². The molecule has 0 heterocycles. The fourth-order valence-corrected chi connectivity index (χ4v) is 10.8. The number of sulfonamides is 2. The van der Waals surface area contributed by atoms with E-state index >= 15 is 0 Å². The minimum atomic E-state index is -3.54. The molecular weight excluding hydrogens is 528 g/mol. The van der Waals surface area contributed by atoms with E-state index in [1.807, 2.05) is 65.8 Å². The highest BCUT2D eigenvalue weighted by atomic mass is 32.2. The van der Waals surface area contributed by atoms with Crippen LogP contribution in [0.15, 0.2) is 34.1 Å². The second-order valence-corrected chi connectivity index (χ2v) is 15.7. The number of nitrogens with one attached hydrogen (secondary N) is 2. The van der Waals surface area contributed by atoms with Crippen molar-refractivity contribution >= 4 is 20.0 Å². The number of aryl methyl sites for hydroxylation is 6. The van der Waals surface area contributed by atoms with Crippen molar-refractivity contribution in [2.24, 2.45) is 11.8 Å². The third kappa shape index (κ3) is 7.32. The molecule has 6 nitrogen and oxygen atoms in total. The normalized spacial score (nSPS) is 24.6. The Bertz CT molecular complexity index is 1250. The molecule has 0 saturated heterocycles. The van der Waals surface area contributed by atoms with E-state index in [-0.39, 0.29) is 12.1 Å². The van der Waals surface area contributed by atoms with Gasteiger partial charge in [-0.25, -0.2) is 26.3 Å². The Kier molecular flexibility index (Phi) is 9.31. The molecule has 2 N–H and O–H groups in total. The minimum absolute atomic E-state index is 0.00909. The maximum atomic E-state index is 13.2. The third-order valence-corrected chi connectivity index (χ3v) is 12.4. The number of rotatable bonds is 8. The van der Waals surface area contributed by atoms with E-state index in [0.29, 0.717) is 21.6 Å². The maximum absolute atomic E-state index is 13.2. The summed E-state index contributed by atoms with van der Waals surface area (Å²) in [4.78, 5) is 0.852. The van der Waals surface area contributed by atoms with Crippen LogP contribution in [0.4, 0.5) is 0 Å². The van der Waals surface area contributed by atoms with E-state index in [0.717, 1.165) is 91.2 Å². The largest absolute Gasteiger partial charge is 0.241 e. The predicted molar refractivity (Wildman–Crippen MR) is 158 cm³/mol. The summed E-state index contributed by atoms with van der Waals surface area (Å²) in [6.07, 6.45) is 8.81. The van der Waals surface area contributed by atoms with Gasteiger partial charge in [-0.15, -0.1) is 0 Å². The van der Waals surface area contributed by atoms with Crippen LogP contribution in [0.2, 0.25) is 0 Å². The summed E-state index contributed by atoms with van der Waals surface area (Å²) in [7, 11) is -7.08. The second-order valence-electron chi connectivity index (χ2n) is 12.4. The van der Waals surface area contributed by atoms with Gasteiger partial charge in [-0.2, -0.15) is 0 Å². The first-order valence-corrected chi connectivity index (χ1v) is 17.4. The molecule has 0 spiro atoms. The molecular formula is C31H46N2O4S2. The topological polar surface area (TPSA) is 92.3 Å². The van der Waals surface area contributed by atoms with Crippen molar-refractivity contribution in [2.45, 2.75) is 121 Å². The molecule has 0 unspecified atom stereocenters. The summed E-state index contributed by atoms with van der Waals surface area (Å²) in [5.74, 6) is 1.23. The van der Waals surface area contributed by atoms with Crippen molar-refractivity contribution in [2.75, 3.05) is 0 Å². The van der Waals surface area contributed by atoms with E-state index in [1.165, 1.54) is 0 Å². The van der Waals surface area contributed by atoms with Gasteiger partial charge in [0.05, 0.1) is 9.79 Å². The summed E-state index contributed by atoms with van der Waals surface area (Å²) >= 11 is 0. The van der Waals surface area contributed by atoms with Gasteiger partial charge in [0.15, 0.2) is 0 Å². The fourth-order valence-electron chi connectivity index (χ4n) is 7.24. The maximum Gasteiger partial charge on any atom is 0.241 e. The zero-order valence-electron chi connectivity index (χ0n) is 24.4. The Labute approximate surface area is 236 Å². The van der Waals surface area contributed by atoms with Gasteiger partial charge in [-0.1, -0.05) is 35.4 Å². The average Bonchev–Trinajstić information content (AvgIpc) is 2.79. The summed E-state index contributed by atoms with van der Waals surface area (Å²) in [5, 5.41) is 0. The first-order valence-electron chi connectivity index (χ1n) is 14.5. The summed E-state index contributed by atoms with van der Waals surface area (Å²) in [6, 6.07) is 7.71. The molecule has 2 aromatic rings. The van der Waals surface area contributed by atoms with Gasteiger partial charge in [-0.05, 0) is 133 Å². The van der Waals surface area contributed by atoms with Crippen molar-refractivity contribution in [1.29, 1.82) is 0 Å². The van der Waals surface area contributed by atoms with E-state index in [4.69, 9.17) is 0 Å². The fraction of sp³-hybridized carbons (Fsp3) is 0.613. The van der Waals surface area contributed by atoms with Crippen LogP contribution >= 0.6 is 0 Å². The molecule has 0 bridgehead atoms. The summed E-state index contributed by atoms with van der Waals surface area (Å²) in [6.45, 7) is 11.5. The molecule has 2 saturated carbocycles. The van der Waals surface area contributed by atoms with Gasteiger partial charge >= 0.3 is 0 Å². The Balaban J connectivity index is 1.25. The first kappa shape index (κ1) is 30.2. The van der Waals surface area contributed by atoms with Crippen molar-refractivity contribution in [3.05, 3.63) is 57.6 Å². The standard InChI is InChI=1S/C31H46N2O4S2/c1-20-15-22(3)30(23(4)16-20)38(34,35)32-28-11-7-26(8-12-28)19-27-9-13-29(14-10-27)33-39(36,37)31-24(5)17-21(2)18-25(31)6/h15-18,26-29,32-33H,7-14,19H2,1-6H3. The highest BCUT2D eigenvalue weighted by molar-refractivity contribution is 7.90. The molecule has 0 amide bonds. The Morgan fingerprint density at radius 2 is 0.821 bits per heavy atom. The summed E-state index contributed by atoms with van der Waals surface area (Å²) in [5.41, 5.74) is 5.36. The Morgan fingerprint density at radius 1 is 0.538 bits per heavy atom. The highest BCUT2D eigenvalue weighted by Gasteiger charge is 2.31. The summed E-state index contributed by atoms with van der Waals surface area (Å²) < 4.78 is 58.6. The van der Waals surface area contributed by atoms with Gasteiger partial charge in [0.2, 0.25) is 20.0 Å². The molecule has 0 atom stereocenters. The zero-order valence-corrected chi connectivity index (χ0v) is 26.1. The predicted octanol–water partition coefficient (Wildman–Crippen LogP) is 6.30. The molecule has 4 rings (SSSR count). The number of hydrogen-bond donors (Lipinski definition) is 2. The highest BCUT2D eigenvalue weighted by Crippen LogP contribution is 2.36. The lowest BCUT2D eigenvalue weighted by atomic mass is 9.76. The van der Waals surface area contributed by atoms with Gasteiger partial charge in [0.25, 0.3) is 0 Å². The van der Waals surface area contributed by atoms with E-state index < -0.39 is 20.0 Å². The Morgan fingerprint density at radius 3 is 1.10 bits per heavy atom.